The maximum atomic E-state index is 6.56. The summed E-state index contributed by atoms with van der Waals surface area (Å²) in [5.41, 5.74) is 8.03. The van der Waals surface area contributed by atoms with Gasteiger partial charge < -0.3 is 10.5 Å². The second kappa shape index (κ2) is 4.77. The molecule has 2 nitrogen and oxygen atoms in total. The summed E-state index contributed by atoms with van der Waals surface area (Å²) in [4.78, 5) is 0. The Bertz CT molecular complexity index is 432. The monoisotopic (exact) mass is 243 g/mol. The van der Waals surface area contributed by atoms with Crippen molar-refractivity contribution in [2.24, 2.45) is 5.73 Å². The SMILES string of the molecule is NC(C1=CCCO1)C1(c2ccccc2)CCCC1. The first-order valence-electron chi connectivity index (χ1n) is 6.97. The highest BCUT2D eigenvalue weighted by Crippen LogP contribution is 2.45. The van der Waals surface area contributed by atoms with Crippen molar-refractivity contribution in [2.75, 3.05) is 6.61 Å². The molecule has 1 aliphatic carbocycles. The van der Waals surface area contributed by atoms with Gasteiger partial charge in [-0.05, 0) is 24.5 Å². The lowest BCUT2D eigenvalue weighted by atomic mass is 9.72. The van der Waals surface area contributed by atoms with E-state index in [0.29, 0.717) is 0 Å². The van der Waals surface area contributed by atoms with Gasteiger partial charge in [-0.1, -0.05) is 43.2 Å². The van der Waals surface area contributed by atoms with Gasteiger partial charge in [0.05, 0.1) is 12.6 Å². The van der Waals surface area contributed by atoms with Gasteiger partial charge in [-0.25, -0.2) is 0 Å². The molecule has 2 aliphatic rings. The van der Waals surface area contributed by atoms with Crippen molar-refractivity contribution in [2.45, 2.75) is 43.6 Å². The molecule has 2 N–H and O–H groups in total. The minimum atomic E-state index is 0.0184. The molecule has 3 rings (SSSR count). The number of hydrogen-bond donors (Lipinski definition) is 1. The molecule has 96 valence electrons. The highest BCUT2D eigenvalue weighted by molar-refractivity contribution is 5.33. The molecule has 0 spiro atoms. The van der Waals surface area contributed by atoms with Crippen LogP contribution < -0.4 is 5.73 Å². The second-order valence-corrected chi connectivity index (χ2v) is 5.45. The zero-order valence-corrected chi connectivity index (χ0v) is 10.8. The molecule has 0 amide bonds. The smallest absolute Gasteiger partial charge is 0.110 e. The molecule has 0 bridgehead atoms. The van der Waals surface area contributed by atoms with Crippen LogP contribution >= 0.6 is 0 Å². The summed E-state index contributed by atoms with van der Waals surface area (Å²) in [7, 11) is 0. The number of nitrogens with two attached hydrogens (primary N) is 1. The minimum absolute atomic E-state index is 0.0184. The highest BCUT2D eigenvalue weighted by atomic mass is 16.5. The molecule has 0 aromatic heterocycles. The first kappa shape index (κ1) is 11.8. The topological polar surface area (TPSA) is 35.2 Å². The Kier molecular flexibility index (Phi) is 3.13. The third-order valence-electron chi connectivity index (χ3n) is 4.48. The molecular weight excluding hydrogens is 222 g/mol. The van der Waals surface area contributed by atoms with E-state index in [1.54, 1.807) is 0 Å². The summed E-state index contributed by atoms with van der Waals surface area (Å²) in [6.45, 7) is 0.800. The molecule has 2 heteroatoms. The summed E-state index contributed by atoms with van der Waals surface area (Å²) < 4.78 is 5.71. The average molecular weight is 243 g/mol. The summed E-state index contributed by atoms with van der Waals surface area (Å²) in [5.74, 6) is 1.01. The van der Waals surface area contributed by atoms with Crippen molar-refractivity contribution >= 4 is 0 Å². The number of benzene rings is 1. The molecule has 1 atom stereocenters. The van der Waals surface area contributed by atoms with E-state index >= 15 is 0 Å². The molecule has 18 heavy (non-hydrogen) atoms. The van der Waals surface area contributed by atoms with Crippen LogP contribution in [0.1, 0.15) is 37.7 Å². The number of hydrogen-bond acceptors (Lipinski definition) is 2. The fraction of sp³-hybridized carbons (Fsp3) is 0.500. The highest BCUT2D eigenvalue weighted by Gasteiger charge is 2.43. The van der Waals surface area contributed by atoms with Crippen molar-refractivity contribution in [3.63, 3.8) is 0 Å². The van der Waals surface area contributed by atoms with E-state index in [9.17, 15) is 0 Å². The fourth-order valence-corrected chi connectivity index (χ4v) is 3.48. The zero-order chi connectivity index (χ0) is 12.4. The third-order valence-corrected chi connectivity index (χ3v) is 4.48. The van der Waals surface area contributed by atoms with E-state index in [4.69, 9.17) is 10.5 Å². The quantitative estimate of drug-likeness (QED) is 0.885. The Morgan fingerprint density at radius 3 is 2.44 bits per heavy atom. The molecule has 0 radical (unpaired) electrons. The van der Waals surface area contributed by atoms with Crippen LogP contribution in [0.3, 0.4) is 0 Å². The Labute approximate surface area is 109 Å². The van der Waals surface area contributed by atoms with Crippen molar-refractivity contribution in [1.29, 1.82) is 0 Å². The van der Waals surface area contributed by atoms with Gasteiger partial charge in [-0.2, -0.15) is 0 Å². The summed E-state index contributed by atoms with van der Waals surface area (Å²) in [6.07, 6.45) is 8.09. The fourth-order valence-electron chi connectivity index (χ4n) is 3.48. The predicted molar refractivity (Wildman–Crippen MR) is 73.2 cm³/mol. The van der Waals surface area contributed by atoms with Gasteiger partial charge in [-0.15, -0.1) is 0 Å². The molecule has 0 saturated heterocycles. The lowest BCUT2D eigenvalue weighted by molar-refractivity contribution is 0.195. The molecule has 1 aromatic carbocycles. The third kappa shape index (κ3) is 1.85. The maximum Gasteiger partial charge on any atom is 0.110 e. The zero-order valence-electron chi connectivity index (χ0n) is 10.8. The van der Waals surface area contributed by atoms with Crippen LogP contribution in [0, 0.1) is 0 Å². The molecule has 1 unspecified atom stereocenters. The largest absolute Gasteiger partial charge is 0.496 e. The van der Waals surface area contributed by atoms with Gasteiger partial charge in [0, 0.05) is 11.8 Å². The Hall–Kier alpha value is -1.28. The maximum absolute atomic E-state index is 6.56. The van der Waals surface area contributed by atoms with Crippen LogP contribution in [0.2, 0.25) is 0 Å². The Morgan fingerprint density at radius 1 is 1.11 bits per heavy atom. The molecule has 1 saturated carbocycles. The Morgan fingerprint density at radius 2 is 1.83 bits per heavy atom. The van der Waals surface area contributed by atoms with Crippen LogP contribution in [0.25, 0.3) is 0 Å². The van der Waals surface area contributed by atoms with Crippen LogP contribution in [0.4, 0.5) is 0 Å². The predicted octanol–water partition coefficient (Wildman–Crippen LogP) is 3.13. The first-order chi connectivity index (χ1) is 8.83. The standard InChI is InChI=1S/C16H21NO/c17-15(14-9-6-12-18-14)16(10-4-5-11-16)13-7-2-1-3-8-13/h1-3,7-9,15H,4-6,10-12,17H2. The summed E-state index contributed by atoms with van der Waals surface area (Å²) in [6, 6.07) is 10.8. The minimum Gasteiger partial charge on any atom is -0.496 e. The number of ether oxygens (including phenoxy) is 1. The average Bonchev–Trinajstić information content (AvgIpc) is 3.11. The second-order valence-electron chi connectivity index (χ2n) is 5.45. The van der Waals surface area contributed by atoms with Crippen LogP contribution in [-0.2, 0) is 10.2 Å². The van der Waals surface area contributed by atoms with E-state index in [-0.39, 0.29) is 11.5 Å². The normalized spacial score (nSPS) is 23.5. The van der Waals surface area contributed by atoms with Gasteiger partial charge >= 0.3 is 0 Å². The van der Waals surface area contributed by atoms with Gasteiger partial charge in [0.1, 0.15) is 5.76 Å². The lowest BCUT2D eigenvalue weighted by Gasteiger charge is -2.36. The Balaban J connectivity index is 1.96. The van der Waals surface area contributed by atoms with E-state index in [2.05, 4.69) is 36.4 Å². The molecular formula is C16H21NO. The van der Waals surface area contributed by atoms with Crippen molar-refractivity contribution in [1.82, 2.24) is 0 Å². The van der Waals surface area contributed by atoms with Crippen LogP contribution in [0.15, 0.2) is 42.2 Å². The van der Waals surface area contributed by atoms with Gasteiger partial charge in [0.25, 0.3) is 0 Å². The van der Waals surface area contributed by atoms with Crippen molar-refractivity contribution in [3.05, 3.63) is 47.7 Å². The molecule has 1 aliphatic heterocycles. The van der Waals surface area contributed by atoms with Crippen LogP contribution in [-0.4, -0.2) is 12.6 Å². The lowest BCUT2D eigenvalue weighted by Crippen LogP contribution is -2.45. The molecule has 1 heterocycles. The van der Waals surface area contributed by atoms with Crippen molar-refractivity contribution < 1.29 is 4.74 Å². The van der Waals surface area contributed by atoms with Gasteiger partial charge in [0.2, 0.25) is 0 Å². The number of rotatable bonds is 3. The van der Waals surface area contributed by atoms with E-state index in [1.807, 2.05) is 0 Å². The molecule has 1 fully saturated rings. The van der Waals surface area contributed by atoms with Gasteiger partial charge in [-0.3, -0.25) is 0 Å². The van der Waals surface area contributed by atoms with Gasteiger partial charge in [0.15, 0.2) is 0 Å². The van der Waals surface area contributed by atoms with E-state index < -0.39 is 0 Å². The van der Waals surface area contributed by atoms with Crippen LogP contribution in [0.5, 0.6) is 0 Å². The van der Waals surface area contributed by atoms with Crippen molar-refractivity contribution in [3.8, 4) is 0 Å². The summed E-state index contributed by atoms with van der Waals surface area (Å²) in [5, 5.41) is 0. The van der Waals surface area contributed by atoms with E-state index in [1.165, 1.54) is 31.2 Å². The van der Waals surface area contributed by atoms with E-state index in [0.717, 1.165) is 18.8 Å². The summed E-state index contributed by atoms with van der Waals surface area (Å²) >= 11 is 0. The first-order valence-corrected chi connectivity index (χ1v) is 6.97. The molecule has 1 aromatic rings.